The van der Waals surface area contributed by atoms with Gasteiger partial charge in [0.2, 0.25) is 0 Å². The van der Waals surface area contributed by atoms with Gasteiger partial charge in [-0.1, -0.05) is 6.92 Å². The first-order chi connectivity index (χ1) is 6.67. The quantitative estimate of drug-likeness (QED) is 0.746. The summed E-state index contributed by atoms with van der Waals surface area (Å²) in [6.45, 7) is 1.75. The summed E-state index contributed by atoms with van der Waals surface area (Å²) in [4.78, 5) is 0. The van der Waals surface area contributed by atoms with E-state index < -0.39 is 17.7 Å². The Bertz CT molecular complexity index is 360. The van der Waals surface area contributed by atoms with Gasteiger partial charge in [-0.2, -0.15) is 5.26 Å². The standard InChI is InChI=1S/C10H9F2NO/c1-2-8(6-13)14-10-4-3-7(11)5-9(10)12/h3-5,8H,2H2,1H3. The molecule has 14 heavy (non-hydrogen) atoms. The molecular weight excluding hydrogens is 188 g/mol. The lowest BCUT2D eigenvalue weighted by Gasteiger charge is -2.10. The Morgan fingerprint density at radius 2 is 2.21 bits per heavy atom. The van der Waals surface area contributed by atoms with Crippen LogP contribution >= 0.6 is 0 Å². The molecule has 1 unspecified atom stereocenters. The van der Waals surface area contributed by atoms with Gasteiger partial charge in [-0.15, -0.1) is 0 Å². The fraction of sp³-hybridized carbons (Fsp3) is 0.300. The number of benzene rings is 1. The predicted molar refractivity (Wildman–Crippen MR) is 46.7 cm³/mol. The highest BCUT2D eigenvalue weighted by Crippen LogP contribution is 2.19. The molecule has 1 rings (SSSR count). The minimum absolute atomic E-state index is 0.0974. The molecule has 74 valence electrons. The molecule has 0 saturated carbocycles. The minimum Gasteiger partial charge on any atom is -0.473 e. The van der Waals surface area contributed by atoms with E-state index >= 15 is 0 Å². The van der Waals surface area contributed by atoms with E-state index in [2.05, 4.69) is 0 Å². The Morgan fingerprint density at radius 1 is 1.50 bits per heavy atom. The normalized spacial score (nSPS) is 11.9. The van der Waals surface area contributed by atoms with Crippen LogP contribution in [0.2, 0.25) is 0 Å². The van der Waals surface area contributed by atoms with Crippen LogP contribution in [0.15, 0.2) is 18.2 Å². The van der Waals surface area contributed by atoms with Crippen molar-refractivity contribution in [2.75, 3.05) is 0 Å². The molecule has 0 aliphatic carbocycles. The molecule has 0 fully saturated rings. The number of nitrogens with zero attached hydrogens (tertiary/aromatic N) is 1. The maximum absolute atomic E-state index is 13.0. The molecular formula is C10H9F2NO. The second kappa shape index (κ2) is 4.56. The van der Waals surface area contributed by atoms with Crippen molar-refractivity contribution in [1.82, 2.24) is 0 Å². The van der Waals surface area contributed by atoms with Crippen LogP contribution in [0.3, 0.4) is 0 Å². The van der Waals surface area contributed by atoms with Crippen LogP contribution in [-0.4, -0.2) is 6.10 Å². The summed E-state index contributed by atoms with van der Waals surface area (Å²) in [6, 6.07) is 4.84. The number of ether oxygens (including phenoxy) is 1. The number of halogens is 2. The maximum Gasteiger partial charge on any atom is 0.184 e. The molecule has 0 aliphatic rings. The summed E-state index contributed by atoms with van der Waals surface area (Å²) in [6.07, 6.45) is -0.247. The van der Waals surface area contributed by atoms with Gasteiger partial charge in [0.1, 0.15) is 11.9 Å². The van der Waals surface area contributed by atoms with Gasteiger partial charge >= 0.3 is 0 Å². The molecule has 1 aromatic rings. The van der Waals surface area contributed by atoms with E-state index in [-0.39, 0.29) is 5.75 Å². The van der Waals surface area contributed by atoms with Gasteiger partial charge in [-0.3, -0.25) is 0 Å². The summed E-state index contributed by atoms with van der Waals surface area (Å²) in [5.41, 5.74) is 0. The van der Waals surface area contributed by atoms with Crippen LogP contribution in [0.4, 0.5) is 8.78 Å². The molecule has 1 atom stereocenters. The molecule has 0 radical (unpaired) electrons. The Morgan fingerprint density at radius 3 is 2.71 bits per heavy atom. The van der Waals surface area contributed by atoms with Crippen LogP contribution in [0.1, 0.15) is 13.3 Å². The number of nitriles is 1. The lowest BCUT2D eigenvalue weighted by molar-refractivity contribution is 0.240. The molecule has 0 N–H and O–H groups in total. The summed E-state index contributed by atoms with van der Waals surface area (Å²) in [5.74, 6) is -1.56. The van der Waals surface area contributed by atoms with Gasteiger partial charge < -0.3 is 4.74 Å². The summed E-state index contributed by atoms with van der Waals surface area (Å²) in [5, 5.41) is 8.56. The van der Waals surface area contributed by atoms with E-state index in [1.807, 2.05) is 6.07 Å². The van der Waals surface area contributed by atoms with Crippen molar-refractivity contribution in [1.29, 1.82) is 5.26 Å². The zero-order valence-corrected chi connectivity index (χ0v) is 7.63. The van der Waals surface area contributed by atoms with Gasteiger partial charge in [0.25, 0.3) is 0 Å². The highest BCUT2D eigenvalue weighted by molar-refractivity contribution is 5.25. The minimum atomic E-state index is -0.793. The van der Waals surface area contributed by atoms with Crippen LogP contribution < -0.4 is 4.74 Å². The number of rotatable bonds is 3. The molecule has 1 aromatic carbocycles. The van der Waals surface area contributed by atoms with Gasteiger partial charge in [0.15, 0.2) is 17.7 Å². The third-order valence-electron chi connectivity index (χ3n) is 1.68. The van der Waals surface area contributed by atoms with Crippen molar-refractivity contribution in [3.63, 3.8) is 0 Å². The smallest absolute Gasteiger partial charge is 0.184 e. The zero-order chi connectivity index (χ0) is 10.6. The van der Waals surface area contributed by atoms with Gasteiger partial charge in [0, 0.05) is 6.07 Å². The second-order valence-corrected chi connectivity index (χ2v) is 2.72. The highest BCUT2D eigenvalue weighted by atomic mass is 19.1. The van der Waals surface area contributed by atoms with E-state index in [9.17, 15) is 8.78 Å². The van der Waals surface area contributed by atoms with Crippen molar-refractivity contribution >= 4 is 0 Å². The molecule has 0 aromatic heterocycles. The average Bonchev–Trinajstić information content (AvgIpc) is 2.17. The topological polar surface area (TPSA) is 33.0 Å². The molecule has 2 nitrogen and oxygen atoms in total. The highest BCUT2D eigenvalue weighted by Gasteiger charge is 2.10. The molecule has 0 bridgehead atoms. The van der Waals surface area contributed by atoms with Crippen LogP contribution in [0.5, 0.6) is 5.75 Å². The zero-order valence-electron chi connectivity index (χ0n) is 7.63. The monoisotopic (exact) mass is 197 g/mol. The Hall–Kier alpha value is -1.63. The maximum atomic E-state index is 13.0. The first-order valence-electron chi connectivity index (χ1n) is 4.18. The van der Waals surface area contributed by atoms with E-state index in [0.717, 1.165) is 12.1 Å². The first-order valence-corrected chi connectivity index (χ1v) is 4.18. The van der Waals surface area contributed by atoms with E-state index in [4.69, 9.17) is 10.00 Å². The second-order valence-electron chi connectivity index (χ2n) is 2.72. The SMILES string of the molecule is CCC(C#N)Oc1ccc(F)cc1F. The van der Waals surface area contributed by atoms with Crippen molar-refractivity contribution in [3.8, 4) is 11.8 Å². The fourth-order valence-electron chi connectivity index (χ4n) is 0.925. The molecule has 0 spiro atoms. The summed E-state index contributed by atoms with van der Waals surface area (Å²) < 4.78 is 30.5. The van der Waals surface area contributed by atoms with E-state index in [1.165, 1.54) is 6.07 Å². The largest absolute Gasteiger partial charge is 0.473 e. The van der Waals surface area contributed by atoms with Crippen molar-refractivity contribution in [3.05, 3.63) is 29.8 Å². The predicted octanol–water partition coefficient (Wildman–Crippen LogP) is 2.65. The lowest BCUT2D eigenvalue weighted by Crippen LogP contribution is -2.13. The summed E-state index contributed by atoms with van der Waals surface area (Å²) >= 11 is 0. The average molecular weight is 197 g/mol. The van der Waals surface area contributed by atoms with Crippen molar-refractivity contribution in [2.24, 2.45) is 0 Å². The Labute approximate surface area is 80.7 Å². The third-order valence-corrected chi connectivity index (χ3v) is 1.68. The van der Waals surface area contributed by atoms with E-state index in [0.29, 0.717) is 6.42 Å². The third kappa shape index (κ3) is 2.43. The molecule has 0 amide bonds. The molecule has 0 aliphatic heterocycles. The van der Waals surface area contributed by atoms with Gasteiger partial charge in [0.05, 0.1) is 0 Å². The van der Waals surface area contributed by atoms with Gasteiger partial charge in [-0.05, 0) is 18.6 Å². The van der Waals surface area contributed by atoms with Crippen LogP contribution in [0, 0.1) is 23.0 Å². The van der Waals surface area contributed by atoms with Crippen LogP contribution in [-0.2, 0) is 0 Å². The Balaban J connectivity index is 2.82. The summed E-state index contributed by atoms with van der Waals surface area (Å²) in [7, 11) is 0. The number of hydrogen-bond donors (Lipinski definition) is 0. The Kier molecular flexibility index (Phi) is 3.41. The fourth-order valence-corrected chi connectivity index (χ4v) is 0.925. The van der Waals surface area contributed by atoms with Crippen LogP contribution in [0.25, 0.3) is 0 Å². The van der Waals surface area contributed by atoms with Crippen molar-refractivity contribution in [2.45, 2.75) is 19.4 Å². The first kappa shape index (κ1) is 10.5. The molecule has 0 heterocycles. The number of hydrogen-bond acceptors (Lipinski definition) is 2. The lowest BCUT2D eigenvalue weighted by atomic mass is 10.3. The molecule has 0 saturated heterocycles. The van der Waals surface area contributed by atoms with Gasteiger partial charge in [-0.25, -0.2) is 8.78 Å². The molecule has 4 heteroatoms. The van der Waals surface area contributed by atoms with Crippen molar-refractivity contribution < 1.29 is 13.5 Å². The van der Waals surface area contributed by atoms with E-state index in [1.54, 1.807) is 6.92 Å².